The van der Waals surface area contributed by atoms with Gasteiger partial charge < -0.3 is 10.1 Å². The number of carbonyl (C=O) groups is 3. The van der Waals surface area contributed by atoms with E-state index < -0.39 is 0 Å². The van der Waals surface area contributed by atoms with E-state index in [-0.39, 0.29) is 42.5 Å². The van der Waals surface area contributed by atoms with E-state index in [1.807, 2.05) is 36.4 Å². The molecule has 1 heterocycles. The summed E-state index contributed by atoms with van der Waals surface area (Å²) in [6, 6.07) is 7.35. The number of fused-ring (bicyclic) bond motifs is 1. The van der Waals surface area contributed by atoms with Gasteiger partial charge in [0, 0.05) is 18.7 Å². The summed E-state index contributed by atoms with van der Waals surface area (Å²) in [5.41, 5.74) is 0.681. The summed E-state index contributed by atoms with van der Waals surface area (Å²) in [4.78, 5) is 38.4. The summed E-state index contributed by atoms with van der Waals surface area (Å²) in [6.07, 6.45) is 10.2. The van der Waals surface area contributed by atoms with Crippen molar-refractivity contribution < 1.29 is 19.1 Å². The molecule has 0 aromatic heterocycles. The molecule has 0 bridgehead atoms. The van der Waals surface area contributed by atoms with Crippen LogP contribution < -0.4 is 10.1 Å². The van der Waals surface area contributed by atoms with Crippen molar-refractivity contribution in [3.8, 4) is 5.75 Å². The minimum atomic E-state index is -0.243. The summed E-state index contributed by atoms with van der Waals surface area (Å²) in [5, 5.41) is 2.82. The lowest BCUT2D eigenvalue weighted by molar-refractivity contribution is -0.140. The lowest BCUT2D eigenvalue weighted by Gasteiger charge is -2.15. The minimum Gasteiger partial charge on any atom is -0.490 e. The number of benzene rings is 1. The molecule has 1 aromatic carbocycles. The third kappa shape index (κ3) is 3.96. The summed E-state index contributed by atoms with van der Waals surface area (Å²) < 4.78 is 5.92. The molecule has 1 aliphatic heterocycles. The Morgan fingerprint density at radius 3 is 2.21 bits per heavy atom. The second kappa shape index (κ2) is 8.17. The van der Waals surface area contributed by atoms with Gasteiger partial charge in [-0.3, -0.25) is 19.3 Å². The van der Waals surface area contributed by atoms with Gasteiger partial charge in [-0.25, -0.2) is 0 Å². The Bertz CT molecular complexity index is 754. The van der Waals surface area contributed by atoms with Gasteiger partial charge in [0.2, 0.25) is 17.7 Å². The van der Waals surface area contributed by atoms with Gasteiger partial charge in [0.05, 0.1) is 17.9 Å². The van der Waals surface area contributed by atoms with Crippen LogP contribution >= 0.6 is 0 Å². The monoisotopic (exact) mass is 382 g/mol. The van der Waals surface area contributed by atoms with Crippen LogP contribution in [0.3, 0.4) is 0 Å². The number of ether oxygens (including phenoxy) is 1. The third-order valence-corrected chi connectivity index (χ3v) is 5.90. The van der Waals surface area contributed by atoms with E-state index in [9.17, 15) is 14.4 Å². The number of rotatable bonds is 6. The minimum absolute atomic E-state index is 0.102. The van der Waals surface area contributed by atoms with E-state index in [0.717, 1.165) is 18.6 Å². The smallest absolute Gasteiger partial charge is 0.233 e. The highest BCUT2D eigenvalue weighted by atomic mass is 16.5. The molecule has 4 rings (SSSR count). The van der Waals surface area contributed by atoms with Crippen LogP contribution in [0.5, 0.6) is 5.75 Å². The van der Waals surface area contributed by atoms with Crippen molar-refractivity contribution in [3.05, 3.63) is 36.4 Å². The summed E-state index contributed by atoms with van der Waals surface area (Å²) in [7, 11) is 0. The Balaban J connectivity index is 1.26. The number of hydrogen-bond donors (Lipinski definition) is 1. The first-order valence-corrected chi connectivity index (χ1v) is 10.2. The van der Waals surface area contributed by atoms with Crippen LogP contribution in [0.2, 0.25) is 0 Å². The number of nitrogens with one attached hydrogen (secondary N) is 1. The molecule has 3 aliphatic rings. The molecule has 0 unspecified atom stereocenters. The zero-order valence-electron chi connectivity index (χ0n) is 15.9. The number of likely N-dealkylation sites (tertiary alicyclic amines) is 1. The van der Waals surface area contributed by atoms with Crippen LogP contribution in [0, 0.1) is 11.8 Å². The molecule has 6 heteroatoms. The van der Waals surface area contributed by atoms with Crippen molar-refractivity contribution in [1.82, 2.24) is 4.90 Å². The zero-order valence-corrected chi connectivity index (χ0v) is 15.9. The van der Waals surface area contributed by atoms with Crippen LogP contribution in [-0.4, -0.2) is 35.3 Å². The Labute approximate surface area is 164 Å². The fourth-order valence-corrected chi connectivity index (χ4v) is 4.34. The van der Waals surface area contributed by atoms with Crippen molar-refractivity contribution in [2.75, 3.05) is 11.9 Å². The molecule has 1 saturated carbocycles. The summed E-state index contributed by atoms with van der Waals surface area (Å²) in [6.45, 7) is 0.138. The molecule has 2 aliphatic carbocycles. The largest absolute Gasteiger partial charge is 0.490 e. The fraction of sp³-hybridized carbons (Fsp3) is 0.500. The molecule has 28 heavy (non-hydrogen) atoms. The predicted octanol–water partition coefficient (Wildman–Crippen LogP) is 3.29. The number of anilines is 1. The van der Waals surface area contributed by atoms with E-state index in [2.05, 4.69) is 5.32 Å². The number of allylic oxidation sites excluding steroid dienone is 2. The number of imide groups is 1. The van der Waals surface area contributed by atoms with Crippen LogP contribution in [0.25, 0.3) is 0 Å². The molecule has 2 atom stereocenters. The number of nitrogens with zero attached hydrogens (tertiary/aromatic N) is 1. The quantitative estimate of drug-likeness (QED) is 0.605. The third-order valence-electron chi connectivity index (χ3n) is 5.90. The van der Waals surface area contributed by atoms with E-state index >= 15 is 0 Å². The van der Waals surface area contributed by atoms with Crippen LogP contribution in [0.4, 0.5) is 5.69 Å². The first-order valence-electron chi connectivity index (χ1n) is 10.2. The van der Waals surface area contributed by atoms with E-state index in [1.54, 1.807) is 0 Å². The lowest BCUT2D eigenvalue weighted by atomic mass is 9.85. The molecular formula is C22H26N2O4. The van der Waals surface area contributed by atoms with Crippen LogP contribution in [0.1, 0.15) is 44.9 Å². The normalized spacial score (nSPS) is 24.5. The topological polar surface area (TPSA) is 75.7 Å². The van der Waals surface area contributed by atoms with Crippen LogP contribution in [-0.2, 0) is 14.4 Å². The first kappa shape index (κ1) is 18.7. The van der Waals surface area contributed by atoms with Gasteiger partial charge >= 0.3 is 0 Å². The zero-order chi connectivity index (χ0) is 19.5. The molecule has 3 amide bonds. The Hall–Kier alpha value is -2.63. The van der Waals surface area contributed by atoms with Crippen molar-refractivity contribution >= 4 is 23.4 Å². The highest BCUT2D eigenvalue weighted by Gasteiger charge is 2.46. The molecule has 0 radical (unpaired) electrons. The standard InChI is InChI=1S/C22H26N2O4/c25-20(13-14-24-21(26)18-7-3-4-8-19(18)22(24)27)23-15-9-11-17(12-10-15)28-16-5-1-2-6-16/h3-4,9-12,16,18-19H,1-2,5-8,13-14H2,(H,23,25)/t18-,19+. The maximum Gasteiger partial charge on any atom is 0.233 e. The second-order valence-electron chi connectivity index (χ2n) is 7.83. The fourth-order valence-electron chi connectivity index (χ4n) is 4.34. The molecule has 1 N–H and O–H groups in total. The number of hydrogen-bond acceptors (Lipinski definition) is 4. The van der Waals surface area contributed by atoms with Crippen molar-refractivity contribution in [1.29, 1.82) is 0 Å². The molecule has 6 nitrogen and oxygen atoms in total. The molecule has 1 aromatic rings. The van der Waals surface area contributed by atoms with Crippen molar-refractivity contribution in [2.24, 2.45) is 11.8 Å². The molecule has 1 saturated heterocycles. The summed E-state index contributed by atoms with van der Waals surface area (Å²) >= 11 is 0. The van der Waals surface area contributed by atoms with E-state index in [1.165, 1.54) is 17.7 Å². The maximum atomic E-state index is 12.4. The van der Waals surface area contributed by atoms with Crippen molar-refractivity contribution in [3.63, 3.8) is 0 Å². The highest BCUT2D eigenvalue weighted by molar-refractivity contribution is 6.05. The molecule has 148 valence electrons. The Kier molecular flexibility index (Phi) is 5.46. The van der Waals surface area contributed by atoms with Gasteiger partial charge in [0.15, 0.2) is 0 Å². The van der Waals surface area contributed by atoms with E-state index in [0.29, 0.717) is 24.6 Å². The van der Waals surface area contributed by atoms with Gasteiger partial charge in [-0.05, 0) is 62.8 Å². The van der Waals surface area contributed by atoms with Gasteiger partial charge in [-0.2, -0.15) is 0 Å². The summed E-state index contributed by atoms with van der Waals surface area (Å²) in [5.74, 6) is -0.158. The molecule has 0 spiro atoms. The number of amides is 3. The molecule has 2 fully saturated rings. The average molecular weight is 382 g/mol. The second-order valence-corrected chi connectivity index (χ2v) is 7.83. The predicted molar refractivity (Wildman–Crippen MR) is 105 cm³/mol. The van der Waals surface area contributed by atoms with Gasteiger partial charge in [-0.1, -0.05) is 12.2 Å². The highest BCUT2D eigenvalue weighted by Crippen LogP contribution is 2.35. The maximum absolute atomic E-state index is 12.4. The first-order chi connectivity index (χ1) is 13.6. The van der Waals surface area contributed by atoms with Gasteiger partial charge in [0.1, 0.15) is 5.75 Å². The van der Waals surface area contributed by atoms with Crippen LogP contribution in [0.15, 0.2) is 36.4 Å². The average Bonchev–Trinajstić information content (AvgIpc) is 3.30. The van der Waals surface area contributed by atoms with Crippen molar-refractivity contribution in [2.45, 2.75) is 51.0 Å². The van der Waals surface area contributed by atoms with E-state index in [4.69, 9.17) is 4.74 Å². The number of carbonyl (C=O) groups excluding carboxylic acids is 3. The van der Waals surface area contributed by atoms with Gasteiger partial charge in [-0.15, -0.1) is 0 Å². The Morgan fingerprint density at radius 2 is 1.61 bits per heavy atom. The molecular weight excluding hydrogens is 356 g/mol. The Morgan fingerprint density at radius 1 is 1.00 bits per heavy atom. The SMILES string of the molecule is O=C(CCN1C(=O)[C@H]2CC=CC[C@H]2C1=O)Nc1ccc(OC2CCCC2)cc1. The lowest BCUT2D eigenvalue weighted by Crippen LogP contribution is -2.34. The van der Waals surface area contributed by atoms with Gasteiger partial charge in [0.25, 0.3) is 0 Å².